The number of likely N-dealkylation sites (tertiary alicyclic amines) is 1. The third-order valence-electron chi connectivity index (χ3n) is 4.73. The number of nitrogens with zero attached hydrogens (tertiary/aromatic N) is 4. The minimum atomic E-state index is -0.461. The first-order valence-electron chi connectivity index (χ1n) is 9.14. The number of imide groups is 1. The van der Waals surface area contributed by atoms with Gasteiger partial charge in [-0.05, 0) is 37.3 Å². The van der Waals surface area contributed by atoms with Crippen LogP contribution in [0.1, 0.15) is 25.7 Å². The number of likely N-dealkylation sites (N-methyl/N-ethyl adjacent to an activating group) is 1. The van der Waals surface area contributed by atoms with Gasteiger partial charge in [0.15, 0.2) is 5.84 Å². The predicted octanol–water partition coefficient (Wildman–Crippen LogP) is 3.11. The molecule has 27 heavy (non-hydrogen) atoms. The van der Waals surface area contributed by atoms with Gasteiger partial charge in [0.1, 0.15) is 5.70 Å². The lowest BCUT2D eigenvalue weighted by Gasteiger charge is -2.21. The van der Waals surface area contributed by atoms with Crippen molar-refractivity contribution >= 4 is 17.9 Å². The summed E-state index contributed by atoms with van der Waals surface area (Å²) >= 11 is 0. The Morgan fingerprint density at radius 2 is 2.04 bits per heavy atom. The van der Waals surface area contributed by atoms with E-state index in [-0.39, 0.29) is 11.7 Å². The van der Waals surface area contributed by atoms with Crippen LogP contribution < -0.4 is 5.73 Å². The molecule has 4 amide bonds. The fraction of sp³-hybridized carbons (Fsp3) is 0.350. The Kier molecular flexibility index (Phi) is 5.59. The van der Waals surface area contributed by atoms with Crippen LogP contribution in [0.4, 0.5) is 9.59 Å². The standard InChI is InChI=1S/C20H25N5O2/c1-15(10-11-16-8-4-3-5-9-16)22-18-17(14-21)25(19(26)23(18)2)20(27)24-12-6-7-13-24/h4,8-11,14H,1,3,5-7,12-13,21H2,2H3/b11-10+,17-14+,22-18+. The van der Waals surface area contributed by atoms with Crippen molar-refractivity contribution in [3.05, 3.63) is 60.1 Å². The predicted molar refractivity (Wildman–Crippen MR) is 106 cm³/mol. The van der Waals surface area contributed by atoms with Crippen molar-refractivity contribution < 1.29 is 9.59 Å². The lowest BCUT2D eigenvalue weighted by Crippen LogP contribution is -2.43. The van der Waals surface area contributed by atoms with Crippen molar-refractivity contribution in [3.63, 3.8) is 0 Å². The number of carbonyl (C=O) groups excluding carboxylic acids is 2. The molecule has 3 aliphatic rings. The number of nitrogens with two attached hydrogens (primary N) is 1. The molecule has 0 radical (unpaired) electrons. The maximum absolute atomic E-state index is 12.7. The van der Waals surface area contributed by atoms with Gasteiger partial charge in [0.2, 0.25) is 0 Å². The van der Waals surface area contributed by atoms with E-state index in [1.807, 2.05) is 12.2 Å². The molecule has 142 valence electrons. The fourth-order valence-electron chi connectivity index (χ4n) is 3.25. The third-order valence-corrected chi connectivity index (χ3v) is 4.73. The molecule has 1 aliphatic carbocycles. The zero-order valence-electron chi connectivity index (χ0n) is 15.6. The Bertz CT molecular complexity index is 797. The molecule has 2 aliphatic heterocycles. The summed E-state index contributed by atoms with van der Waals surface area (Å²) in [5.41, 5.74) is 7.59. The number of urea groups is 2. The van der Waals surface area contributed by atoms with Crippen molar-refractivity contribution in [3.8, 4) is 0 Å². The molecule has 0 bridgehead atoms. The van der Waals surface area contributed by atoms with Crippen LogP contribution in [-0.4, -0.2) is 52.7 Å². The summed E-state index contributed by atoms with van der Waals surface area (Å²) in [4.78, 5) is 33.9. The van der Waals surface area contributed by atoms with E-state index < -0.39 is 6.03 Å². The topological polar surface area (TPSA) is 82.2 Å². The second-order valence-electron chi connectivity index (χ2n) is 6.65. The highest BCUT2D eigenvalue weighted by atomic mass is 16.2. The second-order valence-corrected chi connectivity index (χ2v) is 6.65. The zero-order valence-corrected chi connectivity index (χ0v) is 15.6. The number of allylic oxidation sites excluding steroid dienone is 6. The number of amides is 4. The van der Waals surface area contributed by atoms with Gasteiger partial charge >= 0.3 is 12.1 Å². The molecule has 2 heterocycles. The number of hydrogen-bond donors (Lipinski definition) is 1. The molecule has 0 atom stereocenters. The minimum Gasteiger partial charge on any atom is -0.403 e. The largest absolute Gasteiger partial charge is 0.403 e. The van der Waals surface area contributed by atoms with E-state index in [4.69, 9.17) is 5.73 Å². The molecule has 0 aromatic carbocycles. The van der Waals surface area contributed by atoms with E-state index in [0.29, 0.717) is 24.6 Å². The summed E-state index contributed by atoms with van der Waals surface area (Å²) in [7, 11) is 1.57. The minimum absolute atomic E-state index is 0.283. The smallest absolute Gasteiger partial charge is 0.338 e. The van der Waals surface area contributed by atoms with Crippen LogP contribution in [0.25, 0.3) is 0 Å². The molecule has 0 unspecified atom stereocenters. The van der Waals surface area contributed by atoms with Gasteiger partial charge < -0.3 is 10.6 Å². The van der Waals surface area contributed by atoms with Gasteiger partial charge in [-0.25, -0.2) is 19.5 Å². The Morgan fingerprint density at radius 1 is 1.30 bits per heavy atom. The van der Waals surface area contributed by atoms with Crippen LogP contribution in [0.3, 0.4) is 0 Å². The SMILES string of the molecule is C=C(/C=C/C1=CCCC=C1)/N=C1\C(=C/N)N(C(=O)N2CCCC2)C(=O)N1C. The highest BCUT2D eigenvalue weighted by molar-refractivity contribution is 6.20. The van der Waals surface area contributed by atoms with Crippen molar-refractivity contribution in [2.45, 2.75) is 25.7 Å². The molecule has 0 saturated carbocycles. The van der Waals surface area contributed by atoms with Crippen LogP contribution in [-0.2, 0) is 0 Å². The first-order chi connectivity index (χ1) is 13.0. The molecule has 0 aromatic heterocycles. The summed E-state index contributed by atoms with van der Waals surface area (Å²) in [6.07, 6.45) is 15.2. The van der Waals surface area contributed by atoms with Crippen LogP contribution in [0.5, 0.6) is 0 Å². The van der Waals surface area contributed by atoms with Gasteiger partial charge in [-0.15, -0.1) is 0 Å². The Balaban J connectivity index is 1.80. The first kappa shape index (κ1) is 18.7. The van der Waals surface area contributed by atoms with Gasteiger partial charge in [-0.1, -0.05) is 30.9 Å². The highest BCUT2D eigenvalue weighted by Gasteiger charge is 2.43. The van der Waals surface area contributed by atoms with Gasteiger partial charge in [-0.2, -0.15) is 0 Å². The molecule has 0 spiro atoms. The van der Waals surface area contributed by atoms with E-state index in [9.17, 15) is 9.59 Å². The van der Waals surface area contributed by atoms with E-state index in [1.165, 1.54) is 11.1 Å². The second kappa shape index (κ2) is 8.07. The average Bonchev–Trinajstić information content (AvgIpc) is 3.30. The van der Waals surface area contributed by atoms with E-state index in [2.05, 4.69) is 23.7 Å². The average molecular weight is 367 g/mol. The quantitative estimate of drug-likeness (QED) is 0.778. The molecule has 2 fully saturated rings. The van der Waals surface area contributed by atoms with Gasteiger partial charge in [0.25, 0.3) is 0 Å². The van der Waals surface area contributed by atoms with Crippen molar-refractivity contribution in [2.24, 2.45) is 10.7 Å². The highest BCUT2D eigenvalue weighted by Crippen LogP contribution is 2.25. The maximum atomic E-state index is 12.7. The number of amidine groups is 1. The zero-order chi connectivity index (χ0) is 19.4. The van der Waals surface area contributed by atoms with Crippen LogP contribution in [0.15, 0.2) is 65.1 Å². The lowest BCUT2D eigenvalue weighted by molar-refractivity contribution is 0.172. The molecule has 0 aromatic rings. The normalized spacial score (nSPS) is 23.2. The van der Waals surface area contributed by atoms with Crippen LogP contribution in [0.2, 0.25) is 0 Å². The lowest BCUT2D eigenvalue weighted by atomic mass is 10.1. The van der Waals surface area contributed by atoms with E-state index in [1.54, 1.807) is 18.0 Å². The molecule has 7 nitrogen and oxygen atoms in total. The maximum Gasteiger partial charge on any atom is 0.338 e. The monoisotopic (exact) mass is 367 g/mol. The first-order valence-corrected chi connectivity index (χ1v) is 9.14. The van der Waals surface area contributed by atoms with Crippen LogP contribution in [0, 0.1) is 0 Å². The van der Waals surface area contributed by atoms with Crippen molar-refractivity contribution in [2.75, 3.05) is 20.1 Å². The molecule has 2 saturated heterocycles. The summed E-state index contributed by atoms with van der Waals surface area (Å²) < 4.78 is 0. The van der Waals surface area contributed by atoms with Gasteiger partial charge in [0.05, 0.1) is 5.70 Å². The number of hydrogen-bond acceptors (Lipinski definition) is 4. The van der Waals surface area contributed by atoms with E-state index in [0.717, 1.165) is 36.2 Å². The fourth-order valence-corrected chi connectivity index (χ4v) is 3.25. The Labute approximate surface area is 159 Å². The number of aliphatic imine (C=N–C) groups is 1. The summed E-state index contributed by atoms with van der Waals surface area (Å²) in [6.45, 7) is 5.23. The third kappa shape index (κ3) is 3.86. The summed E-state index contributed by atoms with van der Waals surface area (Å²) in [5.74, 6) is 0.317. The molecule has 3 rings (SSSR count). The van der Waals surface area contributed by atoms with Gasteiger partial charge in [-0.3, -0.25) is 4.90 Å². The van der Waals surface area contributed by atoms with Crippen LogP contribution >= 0.6 is 0 Å². The van der Waals surface area contributed by atoms with Crippen molar-refractivity contribution in [1.29, 1.82) is 0 Å². The number of rotatable bonds is 3. The molecule has 2 N–H and O–H groups in total. The molecule has 7 heteroatoms. The molecular formula is C20H25N5O2. The number of carbonyl (C=O) groups is 2. The summed E-state index contributed by atoms with van der Waals surface area (Å²) in [5, 5.41) is 0. The van der Waals surface area contributed by atoms with E-state index >= 15 is 0 Å². The Hall–Kier alpha value is -3.09. The van der Waals surface area contributed by atoms with Crippen molar-refractivity contribution in [1.82, 2.24) is 14.7 Å². The van der Waals surface area contributed by atoms with Gasteiger partial charge in [0, 0.05) is 26.3 Å². The Morgan fingerprint density at radius 3 is 2.67 bits per heavy atom. The molecular weight excluding hydrogens is 342 g/mol. The summed E-state index contributed by atoms with van der Waals surface area (Å²) in [6, 6.07) is -0.818.